The average molecular weight is 185 g/mol. The van der Waals surface area contributed by atoms with Gasteiger partial charge < -0.3 is 10.2 Å². The van der Waals surface area contributed by atoms with E-state index >= 15 is 0 Å². The molecule has 0 aromatic heterocycles. The minimum atomic E-state index is -1.43. The van der Waals surface area contributed by atoms with Crippen LogP contribution in [-0.4, -0.2) is 22.5 Å². The van der Waals surface area contributed by atoms with E-state index in [4.69, 9.17) is 17.3 Å². The molecule has 0 amide bonds. The van der Waals surface area contributed by atoms with Gasteiger partial charge in [-0.25, -0.2) is 0 Å². The second-order valence-electron chi connectivity index (χ2n) is 3.31. The van der Waals surface area contributed by atoms with Crippen LogP contribution in [-0.2, 0) is 0 Å². The molecule has 13 heavy (non-hydrogen) atoms. The first kappa shape index (κ1) is 12.4. The fraction of sp³-hybridized carbons (Fsp3) is 0.800. The Bertz CT molecular complexity index is 161. The average Bonchev–Trinajstić information content (AvgIpc) is 2.11. The highest BCUT2D eigenvalue weighted by atomic mass is 16.3. The predicted molar refractivity (Wildman–Crippen MR) is 52.8 cm³/mol. The first-order valence-corrected chi connectivity index (χ1v) is 4.72. The number of aliphatic hydroxyl groups is 2. The van der Waals surface area contributed by atoms with E-state index < -0.39 is 5.72 Å². The zero-order valence-electron chi connectivity index (χ0n) is 8.00. The van der Waals surface area contributed by atoms with E-state index in [9.17, 15) is 5.11 Å². The summed E-state index contributed by atoms with van der Waals surface area (Å²) in [5.41, 5.74) is 3.90. The first-order valence-electron chi connectivity index (χ1n) is 4.72. The van der Waals surface area contributed by atoms with Crippen molar-refractivity contribution in [3.63, 3.8) is 0 Å². The Hall–Kier alpha value is -0.560. The Labute approximate surface area is 80.0 Å². The largest absolute Gasteiger partial charge is 0.396 e. The maximum Gasteiger partial charge on any atom is 0.176 e. The van der Waals surface area contributed by atoms with E-state index in [-0.39, 0.29) is 6.61 Å². The zero-order chi connectivity index (χ0) is 10.2. The molecule has 0 aromatic rings. The second kappa shape index (κ2) is 6.90. The first-order chi connectivity index (χ1) is 6.12. The molecule has 0 aliphatic carbocycles. The van der Waals surface area contributed by atoms with Crippen molar-refractivity contribution in [1.29, 1.82) is 0 Å². The van der Waals surface area contributed by atoms with E-state index in [1.54, 1.807) is 0 Å². The van der Waals surface area contributed by atoms with Crippen molar-refractivity contribution in [2.24, 2.45) is 5.73 Å². The monoisotopic (exact) mass is 185 g/mol. The molecule has 0 heterocycles. The summed E-state index contributed by atoms with van der Waals surface area (Å²) in [7, 11) is 0. The Morgan fingerprint density at radius 1 is 1.15 bits per heavy atom. The molecule has 0 spiro atoms. The number of rotatable bonds is 7. The Kier molecular flexibility index (Phi) is 6.61. The highest BCUT2D eigenvalue weighted by molar-refractivity contribution is 5.02. The van der Waals surface area contributed by atoms with Crippen LogP contribution in [0.4, 0.5) is 0 Å². The van der Waals surface area contributed by atoms with Crippen LogP contribution in [0.15, 0.2) is 0 Å². The third kappa shape index (κ3) is 7.79. The number of hydrogen-bond donors (Lipinski definition) is 3. The summed E-state index contributed by atoms with van der Waals surface area (Å²) in [6, 6.07) is 0. The van der Waals surface area contributed by atoms with Gasteiger partial charge in [0, 0.05) is 13.0 Å². The maximum absolute atomic E-state index is 9.23. The van der Waals surface area contributed by atoms with Crippen LogP contribution in [0.1, 0.15) is 38.5 Å². The number of terminal acetylenes is 1. The van der Waals surface area contributed by atoms with Crippen molar-refractivity contribution in [2.45, 2.75) is 44.2 Å². The molecule has 0 rings (SSSR count). The standard InChI is InChI=1S/C10H19NO2/c1-2-10(11,13)8-6-4-3-5-7-9-12/h1,12-13H,3-9,11H2. The Morgan fingerprint density at radius 2 is 1.69 bits per heavy atom. The van der Waals surface area contributed by atoms with Crippen molar-refractivity contribution in [3.8, 4) is 12.3 Å². The molecular formula is C10H19NO2. The van der Waals surface area contributed by atoms with Crippen molar-refractivity contribution in [1.82, 2.24) is 0 Å². The van der Waals surface area contributed by atoms with Crippen molar-refractivity contribution >= 4 is 0 Å². The molecule has 0 aliphatic rings. The number of unbranched alkanes of at least 4 members (excludes halogenated alkanes) is 4. The molecule has 4 N–H and O–H groups in total. The minimum absolute atomic E-state index is 0.255. The molecule has 0 saturated carbocycles. The molecule has 3 heteroatoms. The van der Waals surface area contributed by atoms with E-state index in [0.29, 0.717) is 6.42 Å². The molecule has 0 radical (unpaired) electrons. The lowest BCUT2D eigenvalue weighted by atomic mass is 10.0. The van der Waals surface area contributed by atoms with Gasteiger partial charge in [-0.2, -0.15) is 0 Å². The van der Waals surface area contributed by atoms with E-state index in [2.05, 4.69) is 5.92 Å². The molecule has 76 valence electrons. The Morgan fingerprint density at radius 3 is 2.23 bits per heavy atom. The molecule has 1 unspecified atom stereocenters. The summed E-state index contributed by atoms with van der Waals surface area (Å²) in [5.74, 6) is 2.14. The Balaban J connectivity index is 3.22. The van der Waals surface area contributed by atoms with Gasteiger partial charge in [-0.05, 0) is 12.8 Å². The third-order valence-corrected chi connectivity index (χ3v) is 1.97. The summed E-state index contributed by atoms with van der Waals surface area (Å²) in [6.07, 6.45) is 10.2. The smallest absolute Gasteiger partial charge is 0.176 e. The van der Waals surface area contributed by atoms with Crippen LogP contribution in [0.3, 0.4) is 0 Å². The van der Waals surface area contributed by atoms with Crippen LogP contribution in [0, 0.1) is 12.3 Å². The summed E-state index contributed by atoms with van der Waals surface area (Å²) in [5, 5.41) is 17.7. The van der Waals surface area contributed by atoms with Gasteiger partial charge >= 0.3 is 0 Å². The van der Waals surface area contributed by atoms with Gasteiger partial charge in [0.1, 0.15) is 0 Å². The fourth-order valence-corrected chi connectivity index (χ4v) is 1.11. The molecular weight excluding hydrogens is 166 g/mol. The van der Waals surface area contributed by atoms with Gasteiger partial charge in [-0.3, -0.25) is 5.73 Å². The van der Waals surface area contributed by atoms with Crippen LogP contribution in [0.5, 0.6) is 0 Å². The summed E-state index contributed by atoms with van der Waals surface area (Å²) in [4.78, 5) is 0. The van der Waals surface area contributed by atoms with E-state index in [0.717, 1.165) is 32.1 Å². The van der Waals surface area contributed by atoms with E-state index in [1.165, 1.54) is 0 Å². The lowest BCUT2D eigenvalue weighted by molar-refractivity contribution is 0.0958. The lowest BCUT2D eigenvalue weighted by Crippen LogP contribution is -2.37. The van der Waals surface area contributed by atoms with Crippen molar-refractivity contribution < 1.29 is 10.2 Å². The quantitative estimate of drug-likeness (QED) is 0.309. The summed E-state index contributed by atoms with van der Waals surface area (Å²) in [6.45, 7) is 0.255. The topological polar surface area (TPSA) is 66.5 Å². The molecule has 0 aliphatic heterocycles. The van der Waals surface area contributed by atoms with Crippen LogP contribution >= 0.6 is 0 Å². The van der Waals surface area contributed by atoms with Gasteiger partial charge in [-0.1, -0.05) is 25.2 Å². The molecule has 3 nitrogen and oxygen atoms in total. The van der Waals surface area contributed by atoms with Gasteiger partial charge in [-0.15, -0.1) is 6.42 Å². The van der Waals surface area contributed by atoms with Gasteiger partial charge in [0.15, 0.2) is 5.72 Å². The predicted octanol–water partition coefficient (Wildman–Crippen LogP) is 0.600. The van der Waals surface area contributed by atoms with Crippen LogP contribution in [0.25, 0.3) is 0 Å². The summed E-state index contributed by atoms with van der Waals surface area (Å²) >= 11 is 0. The second-order valence-corrected chi connectivity index (χ2v) is 3.31. The van der Waals surface area contributed by atoms with Gasteiger partial charge in [0.05, 0.1) is 0 Å². The highest BCUT2D eigenvalue weighted by Gasteiger charge is 2.15. The molecule has 0 aromatic carbocycles. The fourth-order valence-electron chi connectivity index (χ4n) is 1.11. The van der Waals surface area contributed by atoms with Gasteiger partial charge in [0.2, 0.25) is 0 Å². The number of nitrogens with two attached hydrogens (primary N) is 1. The SMILES string of the molecule is C#CC(N)(O)CCCCCCCO. The molecule has 0 saturated heterocycles. The maximum atomic E-state index is 9.23. The normalized spacial score (nSPS) is 14.9. The van der Waals surface area contributed by atoms with Crippen molar-refractivity contribution in [3.05, 3.63) is 0 Å². The van der Waals surface area contributed by atoms with Crippen LogP contribution < -0.4 is 5.73 Å². The van der Waals surface area contributed by atoms with Gasteiger partial charge in [0.25, 0.3) is 0 Å². The summed E-state index contributed by atoms with van der Waals surface area (Å²) < 4.78 is 0. The zero-order valence-corrected chi connectivity index (χ0v) is 8.00. The lowest BCUT2D eigenvalue weighted by Gasteiger charge is -2.15. The number of hydrogen-bond acceptors (Lipinski definition) is 3. The van der Waals surface area contributed by atoms with E-state index in [1.807, 2.05) is 0 Å². The van der Waals surface area contributed by atoms with Crippen molar-refractivity contribution in [2.75, 3.05) is 6.61 Å². The molecule has 1 atom stereocenters. The highest BCUT2D eigenvalue weighted by Crippen LogP contribution is 2.10. The third-order valence-electron chi connectivity index (χ3n) is 1.97. The van der Waals surface area contributed by atoms with Crippen LogP contribution in [0.2, 0.25) is 0 Å². The molecule has 0 bridgehead atoms. The molecule has 0 fully saturated rings. The minimum Gasteiger partial charge on any atom is -0.396 e. The number of aliphatic hydroxyl groups excluding tert-OH is 1.